The molecule has 2 unspecified atom stereocenters. The van der Waals surface area contributed by atoms with E-state index in [1.54, 1.807) is 12.1 Å². The number of amides is 1. The average molecular weight is 250 g/mol. The van der Waals surface area contributed by atoms with Crippen molar-refractivity contribution in [2.24, 2.45) is 5.92 Å². The third kappa shape index (κ3) is 3.29. The van der Waals surface area contributed by atoms with Crippen molar-refractivity contribution in [1.29, 1.82) is 0 Å². The van der Waals surface area contributed by atoms with Gasteiger partial charge < -0.3 is 10.6 Å². The Morgan fingerprint density at radius 3 is 2.83 bits per heavy atom. The van der Waals surface area contributed by atoms with Crippen LogP contribution in [0.5, 0.6) is 0 Å². The number of piperidine rings is 1. The van der Waals surface area contributed by atoms with Gasteiger partial charge in [0, 0.05) is 6.54 Å². The fraction of sp³-hybridized carbons (Fsp3) is 0.500. The molecule has 2 N–H and O–H groups in total. The minimum Gasteiger partial charge on any atom is -0.351 e. The minimum absolute atomic E-state index is 0.0338. The molecule has 0 aromatic heterocycles. The van der Waals surface area contributed by atoms with Crippen molar-refractivity contribution >= 4 is 5.91 Å². The fourth-order valence-corrected chi connectivity index (χ4v) is 2.30. The molecule has 3 nitrogen and oxygen atoms in total. The second-order valence-corrected chi connectivity index (χ2v) is 4.90. The first kappa shape index (κ1) is 13.0. The highest BCUT2D eigenvalue weighted by atomic mass is 19.1. The number of hydrogen-bond donors (Lipinski definition) is 2. The molecule has 2 rings (SSSR count). The zero-order valence-corrected chi connectivity index (χ0v) is 10.6. The summed E-state index contributed by atoms with van der Waals surface area (Å²) in [5.41, 5.74) is 0.910. The molecule has 0 spiro atoms. The lowest BCUT2D eigenvalue weighted by molar-refractivity contribution is -0.125. The Bertz CT molecular complexity index is 405. The van der Waals surface area contributed by atoms with Crippen LogP contribution in [0.1, 0.15) is 25.3 Å². The van der Waals surface area contributed by atoms with Gasteiger partial charge in [-0.2, -0.15) is 0 Å². The molecule has 1 aliphatic heterocycles. The van der Waals surface area contributed by atoms with Crippen molar-refractivity contribution in [3.63, 3.8) is 0 Å². The third-order valence-electron chi connectivity index (χ3n) is 3.43. The van der Waals surface area contributed by atoms with E-state index in [1.807, 2.05) is 0 Å². The summed E-state index contributed by atoms with van der Waals surface area (Å²) in [4.78, 5) is 12.0. The number of rotatable bonds is 3. The normalized spacial score (nSPS) is 23.7. The highest BCUT2D eigenvalue weighted by Gasteiger charge is 2.26. The molecule has 1 aromatic carbocycles. The zero-order valence-electron chi connectivity index (χ0n) is 10.6. The third-order valence-corrected chi connectivity index (χ3v) is 3.43. The first-order valence-corrected chi connectivity index (χ1v) is 6.42. The molecule has 0 aliphatic carbocycles. The van der Waals surface area contributed by atoms with Crippen molar-refractivity contribution in [1.82, 2.24) is 10.6 Å². The highest BCUT2D eigenvalue weighted by Crippen LogP contribution is 2.15. The second kappa shape index (κ2) is 5.96. The van der Waals surface area contributed by atoms with E-state index >= 15 is 0 Å². The number of hydrogen-bond acceptors (Lipinski definition) is 2. The van der Waals surface area contributed by atoms with Crippen LogP contribution in [-0.2, 0) is 11.3 Å². The molecule has 1 saturated heterocycles. The number of carbonyl (C=O) groups is 1. The van der Waals surface area contributed by atoms with E-state index < -0.39 is 0 Å². The monoisotopic (exact) mass is 250 g/mol. The molecule has 1 fully saturated rings. The van der Waals surface area contributed by atoms with Crippen LogP contribution in [0.2, 0.25) is 0 Å². The number of carbonyl (C=O) groups excluding carboxylic acids is 1. The van der Waals surface area contributed by atoms with Gasteiger partial charge in [-0.15, -0.1) is 0 Å². The fourth-order valence-electron chi connectivity index (χ4n) is 2.30. The van der Waals surface area contributed by atoms with Crippen molar-refractivity contribution in [3.05, 3.63) is 35.6 Å². The highest BCUT2D eigenvalue weighted by molar-refractivity contribution is 5.82. The summed E-state index contributed by atoms with van der Waals surface area (Å²) in [6.07, 6.45) is 2.21. The van der Waals surface area contributed by atoms with Gasteiger partial charge in [-0.05, 0) is 43.0 Å². The summed E-state index contributed by atoms with van der Waals surface area (Å²) in [5.74, 6) is 0.145. The molecular weight excluding hydrogens is 231 g/mol. The van der Waals surface area contributed by atoms with E-state index in [2.05, 4.69) is 17.6 Å². The Balaban J connectivity index is 1.85. The van der Waals surface area contributed by atoms with E-state index in [0.717, 1.165) is 24.9 Å². The number of nitrogens with one attached hydrogen (secondary N) is 2. The van der Waals surface area contributed by atoms with Gasteiger partial charge in [0.05, 0.1) is 6.04 Å². The largest absolute Gasteiger partial charge is 0.351 e. The molecule has 0 saturated carbocycles. The van der Waals surface area contributed by atoms with E-state index in [4.69, 9.17) is 0 Å². The standard InChI is InChI=1S/C14H19FN2O/c1-10-3-2-8-16-13(10)14(18)17-9-11-4-6-12(15)7-5-11/h4-7,10,13,16H,2-3,8-9H2,1H3,(H,17,18). The molecule has 18 heavy (non-hydrogen) atoms. The molecule has 1 heterocycles. The summed E-state index contributed by atoms with van der Waals surface area (Å²) in [7, 11) is 0. The zero-order chi connectivity index (χ0) is 13.0. The molecular formula is C14H19FN2O. The predicted octanol–water partition coefficient (Wildman–Crippen LogP) is 1.83. The van der Waals surface area contributed by atoms with Crippen LogP contribution in [0.3, 0.4) is 0 Å². The Labute approximate surface area is 107 Å². The predicted molar refractivity (Wildman–Crippen MR) is 68.4 cm³/mol. The lowest BCUT2D eigenvalue weighted by Gasteiger charge is -2.28. The molecule has 1 aliphatic rings. The first-order valence-electron chi connectivity index (χ1n) is 6.42. The topological polar surface area (TPSA) is 41.1 Å². The second-order valence-electron chi connectivity index (χ2n) is 4.90. The van der Waals surface area contributed by atoms with Gasteiger partial charge in [0.15, 0.2) is 0 Å². The Morgan fingerprint density at radius 1 is 1.44 bits per heavy atom. The van der Waals surface area contributed by atoms with Crippen molar-refractivity contribution in [2.45, 2.75) is 32.4 Å². The van der Waals surface area contributed by atoms with Gasteiger partial charge in [0.1, 0.15) is 5.82 Å². The van der Waals surface area contributed by atoms with E-state index in [9.17, 15) is 9.18 Å². The molecule has 4 heteroatoms. The van der Waals surface area contributed by atoms with Gasteiger partial charge in [0.25, 0.3) is 0 Å². The summed E-state index contributed by atoms with van der Waals surface area (Å²) in [6.45, 7) is 3.44. The lowest BCUT2D eigenvalue weighted by Crippen LogP contribution is -2.50. The SMILES string of the molecule is CC1CCCNC1C(=O)NCc1ccc(F)cc1. The summed E-state index contributed by atoms with van der Waals surface area (Å²) >= 11 is 0. The van der Waals surface area contributed by atoms with Crippen LogP contribution in [-0.4, -0.2) is 18.5 Å². The van der Waals surface area contributed by atoms with Gasteiger partial charge in [0.2, 0.25) is 5.91 Å². The quantitative estimate of drug-likeness (QED) is 0.859. The Kier molecular flexibility index (Phi) is 4.31. The van der Waals surface area contributed by atoms with Gasteiger partial charge in [-0.1, -0.05) is 19.1 Å². The summed E-state index contributed by atoms with van der Waals surface area (Å²) in [6, 6.07) is 6.09. The van der Waals surface area contributed by atoms with Gasteiger partial charge in [-0.25, -0.2) is 4.39 Å². The van der Waals surface area contributed by atoms with Crippen LogP contribution in [0.15, 0.2) is 24.3 Å². The maximum atomic E-state index is 12.7. The maximum Gasteiger partial charge on any atom is 0.237 e. The molecule has 2 atom stereocenters. The van der Waals surface area contributed by atoms with Crippen molar-refractivity contribution in [3.8, 4) is 0 Å². The van der Waals surface area contributed by atoms with Crippen LogP contribution in [0.25, 0.3) is 0 Å². The Hall–Kier alpha value is -1.42. The first-order chi connectivity index (χ1) is 8.66. The molecule has 0 radical (unpaired) electrons. The van der Waals surface area contributed by atoms with Crippen molar-refractivity contribution < 1.29 is 9.18 Å². The van der Waals surface area contributed by atoms with Crippen LogP contribution >= 0.6 is 0 Å². The van der Waals surface area contributed by atoms with E-state index in [0.29, 0.717) is 12.5 Å². The van der Waals surface area contributed by atoms with Crippen molar-refractivity contribution in [2.75, 3.05) is 6.54 Å². The molecule has 1 amide bonds. The smallest absolute Gasteiger partial charge is 0.237 e. The summed E-state index contributed by atoms with van der Waals surface area (Å²) < 4.78 is 12.7. The van der Waals surface area contributed by atoms with E-state index in [1.165, 1.54) is 12.1 Å². The Morgan fingerprint density at radius 2 is 2.17 bits per heavy atom. The van der Waals surface area contributed by atoms with Gasteiger partial charge >= 0.3 is 0 Å². The van der Waals surface area contributed by atoms with E-state index in [-0.39, 0.29) is 17.8 Å². The molecule has 0 bridgehead atoms. The maximum absolute atomic E-state index is 12.7. The van der Waals surface area contributed by atoms with Gasteiger partial charge in [-0.3, -0.25) is 4.79 Å². The molecule has 1 aromatic rings. The minimum atomic E-state index is -0.257. The molecule has 98 valence electrons. The number of benzene rings is 1. The average Bonchev–Trinajstić information content (AvgIpc) is 2.38. The number of halogens is 1. The lowest BCUT2D eigenvalue weighted by atomic mass is 9.92. The van der Waals surface area contributed by atoms with Crippen LogP contribution in [0.4, 0.5) is 4.39 Å². The summed E-state index contributed by atoms with van der Waals surface area (Å²) in [5, 5.41) is 6.14. The van der Waals surface area contributed by atoms with Crippen LogP contribution in [0, 0.1) is 11.7 Å². The van der Waals surface area contributed by atoms with Crippen LogP contribution < -0.4 is 10.6 Å².